The van der Waals surface area contributed by atoms with Crippen LogP contribution in [-0.2, 0) is 11.2 Å². The molecule has 1 amide bonds. The van der Waals surface area contributed by atoms with Crippen LogP contribution in [0.2, 0.25) is 0 Å². The van der Waals surface area contributed by atoms with E-state index in [2.05, 4.69) is 10.5 Å². The molecule has 1 aliphatic rings. The molecular formula is C13H12N2O4. The van der Waals surface area contributed by atoms with E-state index >= 15 is 0 Å². The SMILES string of the molecule is Cc1cc(NC(=O)Cc2cccc3c2OCO3)no1. The smallest absolute Gasteiger partial charge is 0.231 e. The zero-order valence-corrected chi connectivity index (χ0v) is 10.3. The van der Waals surface area contributed by atoms with Gasteiger partial charge in [0.1, 0.15) is 5.76 Å². The van der Waals surface area contributed by atoms with Crippen molar-refractivity contribution in [3.05, 3.63) is 35.6 Å². The quantitative estimate of drug-likeness (QED) is 0.912. The van der Waals surface area contributed by atoms with Gasteiger partial charge < -0.3 is 19.3 Å². The monoisotopic (exact) mass is 260 g/mol. The van der Waals surface area contributed by atoms with Crippen LogP contribution in [0.5, 0.6) is 11.5 Å². The molecule has 0 atom stereocenters. The van der Waals surface area contributed by atoms with Gasteiger partial charge in [-0.25, -0.2) is 0 Å². The number of ether oxygens (including phenoxy) is 2. The van der Waals surface area contributed by atoms with Crippen molar-refractivity contribution in [2.45, 2.75) is 13.3 Å². The average molecular weight is 260 g/mol. The third-order valence-electron chi connectivity index (χ3n) is 2.72. The van der Waals surface area contributed by atoms with Crippen molar-refractivity contribution < 1.29 is 18.8 Å². The van der Waals surface area contributed by atoms with E-state index in [1.54, 1.807) is 13.0 Å². The summed E-state index contributed by atoms with van der Waals surface area (Å²) in [5.41, 5.74) is 0.785. The predicted molar refractivity (Wildman–Crippen MR) is 66.1 cm³/mol. The minimum atomic E-state index is -0.183. The summed E-state index contributed by atoms with van der Waals surface area (Å²) in [6, 6.07) is 7.13. The number of hydrogen-bond donors (Lipinski definition) is 1. The van der Waals surface area contributed by atoms with Crippen molar-refractivity contribution in [1.29, 1.82) is 0 Å². The Balaban J connectivity index is 1.72. The van der Waals surface area contributed by atoms with Crippen molar-refractivity contribution in [2.24, 2.45) is 0 Å². The average Bonchev–Trinajstić information content (AvgIpc) is 2.98. The van der Waals surface area contributed by atoms with Crippen LogP contribution in [0, 0.1) is 6.92 Å². The summed E-state index contributed by atoms with van der Waals surface area (Å²) in [4.78, 5) is 11.9. The van der Waals surface area contributed by atoms with Gasteiger partial charge in [-0.05, 0) is 13.0 Å². The molecule has 3 rings (SSSR count). The number of carbonyl (C=O) groups is 1. The first-order chi connectivity index (χ1) is 9.22. The van der Waals surface area contributed by atoms with Gasteiger partial charge in [-0.3, -0.25) is 4.79 Å². The van der Waals surface area contributed by atoms with Gasteiger partial charge in [0, 0.05) is 11.6 Å². The van der Waals surface area contributed by atoms with Crippen LogP contribution in [0.3, 0.4) is 0 Å². The number of hydrogen-bond acceptors (Lipinski definition) is 5. The van der Waals surface area contributed by atoms with Gasteiger partial charge in [0.25, 0.3) is 0 Å². The molecular weight excluding hydrogens is 248 g/mol. The predicted octanol–water partition coefficient (Wildman–Crippen LogP) is 1.89. The second kappa shape index (κ2) is 4.64. The molecule has 0 unspecified atom stereocenters. The number of fused-ring (bicyclic) bond motifs is 1. The molecule has 0 fully saturated rings. The molecule has 0 saturated heterocycles. The maximum absolute atomic E-state index is 11.9. The Morgan fingerprint density at radius 1 is 1.42 bits per heavy atom. The van der Waals surface area contributed by atoms with Gasteiger partial charge >= 0.3 is 0 Å². The summed E-state index contributed by atoms with van der Waals surface area (Å²) in [7, 11) is 0. The topological polar surface area (TPSA) is 73.6 Å². The molecule has 1 aromatic carbocycles. The number of carbonyl (C=O) groups excluding carboxylic acids is 1. The first-order valence-electron chi connectivity index (χ1n) is 5.83. The molecule has 0 aliphatic carbocycles. The Kier molecular flexibility index (Phi) is 2.83. The highest BCUT2D eigenvalue weighted by Crippen LogP contribution is 2.35. The number of aryl methyl sites for hydroxylation is 1. The number of nitrogens with one attached hydrogen (secondary N) is 1. The molecule has 1 aromatic heterocycles. The van der Waals surface area contributed by atoms with Gasteiger partial charge in [-0.1, -0.05) is 17.3 Å². The molecule has 0 radical (unpaired) electrons. The molecule has 0 spiro atoms. The van der Waals surface area contributed by atoms with E-state index in [0.717, 1.165) is 5.56 Å². The van der Waals surface area contributed by atoms with Crippen LogP contribution in [-0.4, -0.2) is 17.9 Å². The van der Waals surface area contributed by atoms with Gasteiger partial charge in [-0.2, -0.15) is 0 Å². The van der Waals surface area contributed by atoms with E-state index in [0.29, 0.717) is 23.1 Å². The number of benzene rings is 1. The maximum atomic E-state index is 11.9. The zero-order valence-electron chi connectivity index (χ0n) is 10.3. The number of nitrogens with zero attached hydrogens (tertiary/aromatic N) is 1. The Labute approximate surface area is 109 Å². The fraction of sp³-hybridized carbons (Fsp3) is 0.231. The number of aromatic nitrogens is 1. The van der Waals surface area contributed by atoms with Crippen LogP contribution in [0.25, 0.3) is 0 Å². The highest BCUT2D eigenvalue weighted by molar-refractivity contribution is 5.91. The Morgan fingerprint density at radius 2 is 2.32 bits per heavy atom. The van der Waals surface area contributed by atoms with Crippen molar-refractivity contribution >= 4 is 11.7 Å². The molecule has 6 heteroatoms. The van der Waals surface area contributed by atoms with Gasteiger partial charge in [0.15, 0.2) is 17.3 Å². The maximum Gasteiger partial charge on any atom is 0.231 e. The van der Waals surface area contributed by atoms with E-state index < -0.39 is 0 Å². The lowest BCUT2D eigenvalue weighted by Gasteiger charge is -2.05. The Hall–Kier alpha value is -2.50. The molecule has 19 heavy (non-hydrogen) atoms. The lowest BCUT2D eigenvalue weighted by atomic mass is 10.1. The second-order valence-corrected chi connectivity index (χ2v) is 4.20. The summed E-state index contributed by atoms with van der Waals surface area (Å²) in [6.45, 7) is 1.95. The van der Waals surface area contributed by atoms with Gasteiger partial charge in [0.05, 0.1) is 6.42 Å². The normalized spacial score (nSPS) is 12.5. The fourth-order valence-corrected chi connectivity index (χ4v) is 1.92. The highest BCUT2D eigenvalue weighted by atomic mass is 16.7. The number of para-hydroxylation sites is 1. The summed E-state index contributed by atoms with van der Waals surface area (Å²) >= 11 is 0. The molecule has 1 N–H and O–H groups in total. The standard InChI is InChI=1S/C13H12N2O4/c1-8-5-11(15-19-8)14-12(16)6-9-3-2-4-10-13(9)18-7-17-10/h2-5H,6-7H2,1H3,(H,14,15,16). The highest BCUT2D eigenvalue weighted by Gasteiger charge is 2.19. The molecule has 2 heterocycles. The Bertz CT molecular complexity index is 621. The van der Waals surface area contributed by atoms with Crippen molar-refractivity contribution in [3.63, 3.8) is 0 Å². The third kappa shape index (κ3) is 2.37. The zero-order chi connectivity index (χ0) is 13.2. The van der Waals surface area contributed by atoms with E-state index in [1.807, 2.05) is 18.2 Å². The van der Waals surface area contributed by atoms with Crippen LogP contribution >= 0.6 is 0 Å². The van der Waals surface area contributed by atoms with E-state index in [-0.39, 0.29) is 19.1 Å². The van der Waals surface area contributed by atoms with Gasteiger partial charge in [-0.15, -0.1) is 0 Å². The third-order valence-corrected chi connectivity index (χ3v) is 2.72. The number of rotatable bonds is 3. The molecule has 0 saturated carbocycles. The fourth-order valence-electron chi connectivity index (χ4n) is 1.92. The minimum absolute atomic E-state index is 0.183. The van der Waals surface area contributed by atoms with E-state index in [9.17, 15) is 4.79 Å². The molecule has 98 valence electrons. The van der Waals surface area contributed by atoms with Gasteiger partial charge in [0.2, 0.25) is 12.7 Å². The van der Waals surface area contributed by atoms with Crippen molar-refractivity contribution in [3.8, 4) is 11.5 Å². The summed E-state index contributed by atoms with van der Waals surface area (Å²) in [5.74, 6) is 2.17. The van der Waals surface area contributed by atoms with E-state index in [4.69, 9.17) is 14.0 Å². The van der Waals surface area contributed by atoms with Crippen LogP contribution < -0.4 is 14.8 Å². The number of amides is 1. The summed E-state index contributed by atoms with van der Waals surface area (Å²) in [5, 5.41) is 6.37. The number of anilines is 1. The first-order valence-corrected chi connectivity index (χ1v) is 5.83. The summed E-state index contributed by atoms with van der Waals surface area (Å²) < 4.78 is 15.5. The molecule has 6 nitrogen and oxygen atoms in total. The summed E-state index contributed by atoms with van der Waals surface area (Å²) in [6.07, 6.45) is 0.193. The van der Waals surface area contributed by atoms with Crippen LogP contribution in [0.4, 0.5) is 5.82 Å². The largest absolute Gasteiger partial charge is 0.454 e. The Morgan fingerprint density at radius 3 is 3.11 bits per heavy atom. The minimum Gasteiger partial charge on any atom is -0.454 e. The van der Waals surface area contributed by atoms with Crippen molar-refractivity contribution in [2.75, 3.05) is 12.1 Å². The first kappa shape index (κ1) is 11.6. The molecule has 0 bridgehead atoms. The second-order valence-electron chi connectivity index (χ2n) is 4.20. The lowest BCUT2D eigenvalue weighted by Crippen LogP contribution is -2.14. The van der Waals surface area contributed by atoms with E-state index in [1.165, 1.54) is 0 Å². The van der Waals surface area contributed by atoms with Crippen LogP contribution in [0.15, 0.2) is 28.8 Å². The molecule has 2 aromatic rings. The van der Waals surface area contributed by atoms with Crippen LogP contribution in [0.1, 0.15) is 11.3 Å². The lowest BCUT2D eigenvalue weighted by molar-refractivity contribution is -0.115. The molecule has 1 aliphatic heterocycles. The van der Waals surface area contributed by atoms with Crippen molar-refractivity contribution in [1.82, 2.24) is 5.16 Å².